The van der Waals surface area contributed by atoms with E-state index in [4.69, 9.17) is 10.2 Å². The zero-order valence-corrected chi connectivity index (χ0v) is 9.94. The zero-order valence-electron chi connectivity index (χ0n) is 9.94. The number of carboxylic acids is 1. The summed E-state index contributed by atoms with van der Waals surface area (Å²) in [5.41, 5.74) is 0. The molecule has 2 aromatic rings. The van der Waals surface area contributed by atoms with E-state index in [1.165, 1.54) is 0 Å². The Kier molecular flexibility index (Phi) is 9.40. The Bertz CT molecular complexity index is 397. The molecule has 0 atom stereocenters. The zero-order chi connectivity index (χ0) is 13.6. The van der Waals surface area contributed by atoms with Gasteiger partial charge in [-0.3, -0.25) is 0 Å². The van der Waals surface area contributed by atoms with E-state index in [1.807, 2.05) is 42.5 Å². The normalized spacial score (nSPS) is 7.78. The van der Waals surface area contributed by atoms with Gasteiger partial charge in [-0.25, -0.2) is 4.79 Å². The van der Waals surface area contributed by atoms with Gasteiger partial charge in [-0.2, -0.15) is 0 Å². The van der Waals surface area contributed by atoms with Gasteiger partial charge in [0.25, 0.3) is 0 Å². The highest BCUT2D eigenvalue weighted by Gasteiger charge is 1.75. The molecule has 3 heteroatoms. The van der Waals surface area contributed by atoms with Crippen LogP contribution in [-0.2, 0) is 4.79 Å². The standard InChI is InChI=1S/C6H6O.C6H6.C3H4O2/c7-6-4-2-1-3-5-6;1-2-4-6-5-3-1;1-2-3(4)5/h1-5,7H;1-6H;2H,1H2,(H,4,5). The van der Waals surface area contributed by atoms with Crippen molar-refractivity contribution in [1.82, 2.24) is 0 Å². The van der Waals surface area contributed by atoms with Crippen LogP contribution in [0.2, 0.25) is 0 Å². The number of para-hydroxylation sites is 1. The summed E-state index contributed by atoms with van der Waals surface area (Å²) >= 11 is 0. The van der Waals surface area contributed by atoms with Gasteiger partial charge in [0.15, 0.2) is 0 Å². The first-order valence-corrected chi connectivity index (χ1v) is 5.26. The highest BCUT2D eigenvalue weighted by Crippen LogP contribution is 2.02. The van der Waals surface area contributed by atoms with Gasteiger partial charge < -0.3 is 10.2 Å². The van der Waals surface area contributed by atoms with Crippen LogP contribution in [0.1, 0.15) is 0 Å². The molecule has 3 nitrogen and oxygen atoms in total. The van der Waals surface area contributed by atoms with Crippen molar-refractivity contribution in [2.45, 2.75) is 0 Å². The first-order chi connectivity index (χ1) is 8.66. The summed E-state index contributed by atoms with van der Waals surface area (Å²) in [4.78, 5) is 9.25. The highest BCUT2D eigenvalue weighted by molar-refractivity contribution is 5.78. The number of phenolic OH excluding ortho intramolecular Hbond substituents is 1. The molecular weight excluding hydrogens is 228 g/mol. The molecule has 0 saturated heterocycles. The van der Waals surface area contributed by atoms with E-state index < -0.39 is 5.97 Å². The van der Waals surface area contributed by atoms with E-state index >= 15 is 0 Å². The summed E-state index contributed by atoms with van der Waals surface area (Å²) in [5, 5.41) is 16.2. The predicted molar refractivity (Wildman–Crippen MR) is 72.4 cm³/mol. The number of rotatable bonds is 1. The third kappa shape index (κ3) is 11.5. The van der Waals surface area contributed by atoms with E-state index in [2.05, 4.69) is 6.58 Å². The fourth-order valence-corrected chi connectivity index (χ4v) is 0.813. The van der Waals surface area contributed by atoms with E-state index in [0.717, 1.165) is 6.08 Å². The largest absolute Gasteiger partial charge is 0.508 e. The molecule has 0 aromatic heterocycles. The molecule has 0 aliphatic heterocycles. The molecule has 0 saturated carbocycles. The lowest BCUT2D eigenvalue weighted by Gasteiger charge is -1.82. The van der Waals surface area contributed by atoms with Crippen molar-refractivity contribution in [3.05, 3.63) is 79.4 Å². The first-order valence-electron chi connectivity index (χ1n) is 5.26. The summed E-state index contributed by atoms with van der Waals surface area (Å²) in [6.45, 7) is 2.96. The number of carbonyl (C=O) groups is 1. The summed E-state index contributed by atoms with van der Waals surface area (Å²) < 4.78 is 0. The van der Waals surface area contributed by atoms with Crippen LogP contribution in [0.25, 0.3) is 0 Å². The number of phenols is 1. The molecule has 0 amide bonds. The molecule has 0 spiro atoms. The minimum atomic E-state index is -0.981. The van der Waals surface area contributed by atoms with Gasteiger partial charge in [-0.15, -0.1) is 0 Å². The minimum absolute atomic E-state index is 0.322. The Morgan fingerprint density at radius 1 is 0.889 bits per heavy atom. The maximum Gasteiger partial charge on any atom is 0.327 e. The fourth-order valence-electron chi connectivity index (χ4n) is 0.813. The van der Waals surface area contributed by atoms with Crippen molar-refractivity contribution in [3.8, 4) is 5.75 Å². The van der Waals surface area contributed by atoms with Crippen molar-refractivity contribution >= 4 is 5.97 Å². The fraction of sp³-hybridized carbons (Fsp3) is 0. The second-order valence-electron chi connectivity index (χ2n) is 3.03. The van der Waals surface area contributed by atoms with Crippen molar-refractivity contribution in [2.75, 3.05) is 0 Å². The smallest absolute Gasteiger partial charge is 0.327 e. The molecule has 94 valence electrons. The van der Waals surface area contributed by atoms with Crippen LogP contribution in [0.4, 0.5) is 0 Å². The second kappa shape index (κ2) is 11.0. The molecule has 18 heavy (non-hydrogen) atoms. The highest BCUT2D eigenvalue weighted by atomic mass is 16.4. The van der Waals surface area contributed by atoms with Crippen LogP contribution in [0.5, 0.6) is 5.75 Å². The maximum atomic E-state index is 9.25. The molecule has 0 aliphatic rings. The topological polar surface area (TPSA) is 57.5 Å². The molecule has 2 N–H and O–H groups in total. The maximum absolute atomic E-state index is 9.25. The Labute approximate surface area is 107 Å². The Morgan fingerprint density at radius 2 is 1.17 bits per heavy atom. The van der Waals surface area contributed by atoms with Crippen LogP contribution in [0.3, 0.4) is 0 Å². The van der Waals surface area contributed by atoms with Crippen LogP contribution in [0, 0.1) is 0 Å². The van der Waals surface area contributed by atoms with Crippen molar-refractivity contribution in [1.29, 1.82) is 0 Å². The number of aromatic hydroxyl groups is 1. The molecule has 0 unspecified atom stereocenters. The Morgan fingerprint density at radius 3 is 1.33 bits per heavy atom. The summed E-state index contributed by atoms with van der Waals surface area (Å²) in [5.74, 6) is -0.660. The van der Waals surface area contributed by atoms with Gasteiger partial charge >= 0.3 is 5.97 Å². The Balaban J connectivity index is 0.000000245. The van der Waals surface area contributed by atoms with Gasteiger partial charge in [-0.05, 0) is 12.1 Å². The summed E-state index contributed by atoms with van der Waals surface area (Å²) in [6, 6.07) is 20.7. The molecule has 2 aromatic carbocycles. The van der Waals surface area contributed by atoms with Gasteiger partial charge in [0, 0.05) is 6.08 Å². The van der Waals surface area contributed by atoms with Crippen LogP contribution < -0.4 is 0 Å². The van der Waals surface area contributed by atoms with Crippen molar-refractivity contribution in [2.24, 2.45) is 0 Å². The molecular formula is C15H16O3. The van der Waals surface area contributed by atoms with Crippen molar-refractivity contribution < 1.29 is 15.0 Å². The lowest BCUT2D eigenvalue weighted by molar-refractivity contribution is -0.131. The lowest BCUT2D eigenvalue weighted by atomic mass is 10.3. The molecule has 0 bridgehead atoms. The SMILES string of the molecule is C=CC(=O)O.Oc1ccccc1.c1ccccc1. The number of hydrogen-bond donors (Lipinski definition) is 2. The second-order valence-corrected chi connectivity index (χ2v) is 3.03. The monoisotopic (exact) mass is 244 g/mol. The first kappa shape index (κ1) is 15.5. The Hall–Kier alpha value is -2.55. The summed E-state index contributed by atoms with van der Waals surface area (Å²) in [6.07, 6.45) is 0.833. The number of aliphatic carboxylic acids is 1. The van der Waals surface area contributed by atoms with E-state index in [9.17, 15) is 4.79 Å². The minimum Gasteiger partial charge on any atom is -0.508 e. The quantitative estimate of drug-likeness (QED) is 0.756. The van der Waals surface area contributed by atoms with Gasteiger partial charge in [-0.1, -0.05) is 61.2 Å². The molecule has 0 fully saturated rings. The predicted octanol–water partition coefficient (Wildman–Crippen LogP) is 3.34. The van der Waals surface area contributed by atoms with Crippen LogP contribution in [-0.4, -0.2) is 16.2 Å². The molecule has 2 rings (SSSR count). The lowest BCUT2D eigenvalue weighted by Crippen LogP contribution is -1.82. The average Bonchev–Trinajstić information content (AvgIpc) is 2.43. The number of hydrogen-bond acceptors (Lipinski definition) is 2. The molecule has 0 aliphatic carbocycles. The third-order valence-corrected chi connectivity index (χ3v) is 1.60. The van der Waals surface area contributed by atoms with Crippen LogP contribution >= 0.6 is 0 Å². The van der Waals surface area contributed by atoms with Gasteiger partial charge in [0.05, 0.1) is 0 Å². The number of benzene rings is 2. The van der Waals surface area contributed by atoms with Gasteiger partial charge in [0.2, 0.25) is 0 Å². The molecule has 0 heterocycles. The molecule has 0 radical (unpaired) electrons. The third-order valence-electron chi connectivity index (χ3n) is 1.60. The summed E-state index contributed by atoms with van der Waals surface area (Å²) in [7, 11) is 0. The van der Waals surface area contributed by atoms with E-state index in [1.54, 1.807) is 24.3 Å². The van der Waals surface area contributed by atoms with Crippen LogP contribution in [0.15, 0.2) is 79.4 Å². The van der Waals surface area contributed by atoms with Gasteiger partial charge in [0.1, 0.15) is 5.75 Å². The van der Waals surface area contributed by atoms with Crippen molar-refractivity contribution in [3.63, 3.8) is 0 Å². The van der Waals surface area contributed by atoms with E-state index in [-0.39, 0.29) is 0 Å². The number of carboxylic acid groups (broad SMARTS) is 1. The van der Waals surface area contributed by atoms with E-state index in [0.29, 0.717) is 5.75 Å². The average molecular weight is 244 g/mol.